The van der Waals surface area contributed by atoms with Crippen LogP contribution in [0.5, 0.6) is 11.5 Å². The fraction of sp³-hybridized carbons (Fsp3) is 0.500. The van der Waals surface area contributed by atoms with Crippen LogP contribution in [0.2, 0.25) is 0 Å². The molecule has 1 aliphatic carbocycles. The monoisotopic (exact) mass is 462 g/mol. The molecule has 2 aromatic carbocycles. The molecule has 2 heterocycles. The van der Waals surface area contributed by atoms with Crippen molar-refractivity contribution in [2.24, 2.45) is 0 Å². The first-order valence-corrected chi connectivity index (χ1v) is 12.6. The Bertz CT molecular complexity index is 1010. The third kappa shape index (κ3) is 5.44. The van der Waals surface area contributed by atoms with Gasteiger partial charge >= 0.3 is 0 Å². The first-order chi connectivity index (χ1) is 16.6. The van der Waals surface area contributed by atoms with E-state index in [0.717, 1.165) is 58.2 Å². The summed E-state index contributed by atoms with van der Waals surface area (Å²) in [6.07, 6.45) is 7.61. The number of carbonyl (C=O) groups excluding carboxylic acids is 2. The van der Waals surface area contributed by atoms with Crippen molar-refractivity contribution in [3.05, 3.63) is 59.7 Å². The summed E-state index contributed by atoms with van der Waals surface area (Å²) >= 11 is 0. The van der Waals surface area contributed by atoms with Gasteiger partial charge in [0.05, 0.1) is 12.0 Å². The lowest BCUT2D eigenvalue weighted by molar-refractivity contribution is -0.124. The number of hydrogen-bond acceptors (Lipinski definition) is 5. The van der Waals surface area contributed by atoms with Crippen molar-refractivity contribution < 1.29 is 19.1 Å². The minimum absolute atomic E-state index is 0.0396. The largest absolute Gasteiger partial charge is 0.486 e. The van der Waals surface area contributed by atoms with Crippen LogP contribution in [0.1, 0.15) is 67.3 Å². The van der Waals surface area contributed by atoms with E-state index in [1.807, 2.05) is 6.07 Å². The topological polar surface area (TPSA) is 67.9 Å². The molecule has 0 unspecified atom stereocenters. The van der Waals surface area contributed by atoms with Crippen LogP contribution in [0.3, 0.4) is 0 Å². The van der Waals surface area contributed by atoms with E-state index in [-0.39, 0.29) is 29.9 Å². The van der Waals surface area contributed by atoms with Crippen molar-refractivity contribution in [2.75, 3.05) is 19.7 Å². The zero-order valence-electron chi connectivity index (χ0n) is 19.8. The molecule has 1 saturated carbocycles. The van der Waals surface area contributed by atoms with E-state index in [1.165, 1.54) is 12.0 Å². The molecule has 1 spiro atoms. The lowest BCUT2D eigenvalue weighted by Crippen LogP contribution is -2.45. The SMILES string of the molecule is O=C(COc1ccc2c(c1)OC1(CCCCC1)CC2=O)NC1CCN(Cc2ccccc2)CC1. The van der Waals surface area contributed by atoms with Crippen LogP contribution in [0.4, 0.5) is 0 Å². The number of carbonyl (C=O) groups is 2. The van der Waals surface area contributed by atoms with Crippen LogP contribution < -0.4 is 14.8 Å². The van der Waals surface area contributed by atoms with Crippen LogP contribution >= 0.6 is 0 Å². The van der Waals surface area contributed by atoms with Gasteiger partial charge in [-0.05, 0) is 56.2 Å². The fourth-order valence-corrected chi connectivity index (χ4v) is 5.53. The minimum Gasteiger partial charge on any atom is -0.486 e. The second-order valence-corrected chi connectivity index (χ2v) is 10.00. The summed E-state index contributed by atoms with van der Waals surface area (Å²) in [6.45, 7) is 2.86. The molecule has 1 saturated heterocycles. The van der Waals surface area contributed by atoms with E-state index in [1.54, 1.807) is 18.2 Å². The van der Waals surface area contributed by atoms with Gasteiger partial charge in [0.2, 0.25) is 0 Å². The summed E-state index contributed by atoms with van der Waals surface area (Å²) in [4.78, 5) is 27.6. The standard InChI is InChI=1S/C28H34N2O4/c31-25-18-28(13-5-2-6-14-28)34-26-17-23(9-10-24(25)26)33-20-27(32)29-22-11-15-30(16-12-22)19-21-7-3-1-4-8-21/h1,3-4,7-10,17,22H,2,5-6,11-16,18-20H2,(H,29,32). The molecule has 0 bridgehead atoms. The molecule has 6 nitrogen and oxygen atoms in total. The number of nitrogens with zero attached hydrogens (tertiary/aromatic N) is 1. The highest BCUT2D eigenvalue weighted by molar-refractivity contribution is 6.00. The van der Waals surface area contributed by atoms with Gasteiger partial charge in [-0.25, -0.2) is 0 Å². The predicted molar refractivity (Wildman–Crippen MR) is 130 cm³/mol. The molecule has 0 aromatic heterocycles. The second-order valence-electron chi connectivity index (χ2n) is 10.00. The smallest absolute Gasteiger partial charge is 0.258 e. The average molecular weight is 463 g/mol. The van der Waals surface area contributed by atoms with Gasteiger partial charge in [-0.3, -0.25) is 14.5 Å². The molecule has 0 atom stereocenters. The number of nitrogens with one attached hydrogen (secondary N) is 1. The molecule has 6 heteroatoms. The highest BCUT2D eigenvalue weighted by Crippen LogP contribution is 2.42. The number of rotatable bonds is 6. The summed E-state index contributed by atoms with van der Waals surface area (Å²) in [7, 11) is 0. The van der Waals surface area contributed by atoms with Gasteiger partial charge in [0, 0.05) is 31.7 Å². The summed E-state index contributed by atoms with van der Waals surface area (Å²) < 4.78 is 12.1. The van der Waals surface area contributed by atoms with Gasteiger partial charge in [-0.1, -0.05) is 36.8 Å². The Balaban J connectivity index is 1.10. The molecule has 5 rings (SSSR count). The maximum absolute atomic E-state index is 12.7. The Kier molecular flexibility index (Phi) is 6.86. The van der Waals surface area contributed by atoms with Gasteiger partial charge in [0.1, 0.15) is 17.1 Å². The molecule has 0 radical (unpaired) electrons. The number of fused-ring (bicyclic) bond motifs is 1. The maximum Gasteiger partial charge on any atom is 0.258 e. The number of ether oxygens (including phenoxy) is 2. The van der Waals surface area contributed by atoms with Crippen molar-refractivity contribution in [3.63, 3.8) is 0 Å². The number of benzene rings is 2. The summed E-state index contributed by atoms with van der Waals surface area (Å²) in [5.41, 5.74) is 1.59. The maximum atomic E-state index is 12.7. The molecular formula is C28H34N2O4. The Labute approximate surface area is 201 Å². The van der Waals surface area contributed by atoms with E-state index >= 15 is 0 Å². The lowest BCUT2D eigenvalue weighted by atomic mass is 9.78. The van der Waals surface area contributed by atoms with Crippen molar-refractivity contribution in [3.8, 4) is 11.5 Å². The first-order valence-electron chi connectivity index (χ1n) is 12.6. The van der Waals surface area contributed by atoms with Crippen LogP contribution in [0.15, 0.2) is 48.5 Å². The van der Waals surface area contributed by atoms with E-state index < -0.39 is 0 Å². The molecule has 2 fully saturated rings. The molecule has 1 N–H and O–H groups in total. The van der Waals surface area contributed by atoms with Crippen LogP contribution in [0, 0.1) is 0 Å². The average Bonchev–Trinajstić information content (AvgIpc) is 2.85. The van der Waals surface area contributed by atoms with E-state index in [4.69, 9.17) is 9.47 Å². The Morgan fingerprint density at radius 1 is 1.06 bits per heavy atom. The van der Waals surface area contributed by atoms with Crippen LogP contribution in [-0.4, -0.2) is 47.9 Å². The number of likely N-dealkylation sites (tertiary alicyclic amines) is 1. The van der Waals surface area contributed by atoms with E-state index in [0.29, 0.717) is 23.5 Å². The van der Waals surface area contributed by atoms with Crippen LogP contribution in [0.25, 0.3) is 0 Å². The van der Waals surface area contributed by atoms with Crippen LogP contribution in [-0.2, 0) is 11.3 Å². The summed E-state index contributed by atoms with van der Waals surface area (Å²) in [5.74, 6) is 1.19. The molecule has 1 amide bonds. The van der Waals surface area contributed by atoms with Gasteiger partial charge in [-0.2, -0.15) is 0 Å². The van der Waals surface area contributed by atoms with Crippen molar-refractivity contribution in [1.82, 2.24) is 10.2 Å². The fourth-order valence-electron chi connectivity index (χ4n) is 5.53. The van der Waals surface area contributed by atoms with Crippen molar-refractivity contribution in [1.29, 1.82) is 0 Å². The zero-order valence-corrected chi connectivity index (χ0v) is 19.8. The molecular weight excluding hydrogens is 428 g/mol. The Morgan fingerprint density at radius 2 is 1.82 bits per heavy atom. The first kappa shape index (κ1) is 22.9. The second kappa shape index (κ2) is 10.2. The summed E-state index contributed by atoms with van der Waals surface area (Å²) in [6, 6.07) is 16.0. The number of hydrogen-bond donors (Lipinski definition) is 1. The van der Waals surface area contributed by atoms with Crippen molar-refractivity contribution in [2.45, 2.75) is 69.6 Å². The number of piperidine rings is 1. The Hall–Kier alpha value is -2.86. The Morgan fingerprint density at radius 3 is 2.59 bits per heavy atom. The number of ketones is 1. The van der Waals surface area contributed by atoms with E-state index in [2.05, 4.69) is 34.5 Å². The highest BCUT2D eigenvalue weighted by atomic mass is 16.5. The zero-order chi connectivity index (χ0) is 23.4. The molecule has 3 aliphatic rings. The van der Waals surface area contributed by atoms with Gasteiger partial charge in [0.25, 0.3) is 5.91 Å². The third-order valence-electron chi connectivity index (χ3n) is 7.40. The minimum atomic E-state index is -0.353. The predicted octanol–water partition coefficient (Wildman–Crippen LogP) is 4.51. The van der Waals surface area contributed by atoms with Gasteiger partial charge in [-0.15, -0.1) is 0 Å². The normalized spacial score (nSPS) is 20.4. The molecule has 2 aliphatic heterocycles. The summed E-state index contributed by atoms with van der Waals surface area (Å²) in [5, 5.41) is 3.11. The van der Waals surface area contributed by atoms with Gasteiger partial charge in [0.15, 0.2) is 12.4 Å². The number of amides is 1. The van der Waals surface area contributed by atoms with Crippen molar-refractivity contribution >= 4 is 11.7 Å². The lowest BCUT2D eigenvalue weighted by Gasteiger charge is -2.40. The molecule has 34 heavy (non-hydrogen) atoms. The third-order valence-corrected chi connectivity index (χ3v) is 7.40. The van der Waals surface area contributed by atoms with E-state index in [9.17, 15) is 9.59 Å². The highest BCUT2D eigenvalue weighted by Gasteiger charge is 2.41. The molecule has 2 aromatic rings. The molecule has 180 valence electrons. The van der Waals surface area contributed by atoms with Gasteiger partial charge < -0.3 is 14.8 Å². The number of Topliss-reactive ketones (excluding diaryl/α,β-unsaturated/α-hetero) is 1. The quantitative estimate of drug-likeness (QED) is 0.684.